The zero-order valence-electron chi connectivity index (χ0n) is 8.20. The lowest BCUT2D eigenvalue weighted by atomic mass is 10.2. The lowest BCUT2D eigenvalue weighted by Crippen LogP contribution is -2.45. The van der Waals surface area contributed by atoms with Crippen LogP contribution < -0.4 is 21.7 Å². The molecule has 1 aliphatic heterocycles. The molecule has 0 aliphatic carbocycles. The molecule has 1 aromatic carbocycles. The molecule has 1 heterocycles. The largest absolute Gasteiger partial charge is 0.480 e. The minimum Gasteiger partial charge on any atom is -0.480 e. The van der Waals surface area contributed by atoms with Gasteiger partial charge in [0.05, 0.1) is 5.69 Å². The number of rotatable bonds is 3. The Bertz CT molecular complexity index is 401. The fraction of sp³-hybridized carbons (Fsp3) is 0.222. The first-order chi connectivity index (χ1) is 7.68. The molecule has 1 aromatic rings. The molecule has 2 rings (SSSR count). The Balaban J connectivity index is 2.10. The Kier molecular flexibility index (Phi) is 3.00. The van der Waals surface area contributed by atoms with Gasteiger partial charge in [0.15, 0.2) is 6.04 Å². The SMILES string of the molecule is O=C(O)C1NNNC1Nc1ccccc1F. The summed E-state index contributed by atoms with van der Waals surface area (Å²) in [4.78, 5) is 10.8. The van der Waals surface area contributed by atoms with Crippen LogP contribution in [0.2, 0.25) is 0 Å². The molecule has 1 fully saturated rings. The third kappa shape index (κ3) is 2.11. The van der Waals surface area contributed by atoms with Crippen LogP contribution in [-0.2, 0) is 4.79 Å². The first kappa shape index (κ1) is 10.8. The van der Waals surface area contributed by atoms with Gasteiger partial charge in [-0.3, -0.25) is 4.79 Å². The number of carboxylic acids is 1. The van der Waals surface area contributed by atoms with Crippen molar-refractivity contribution in [3.63, 3.8) is 0 Å². The lowest BCUT2D eigenvalue weighted by molar-refractivity contribution is -0.139. The van der Waals surface area contributed by atoms with E-state index in [1.807, 2.05) is 0 Å². The Morgan fingerprint density at radius 3 is 2.81 bits per heavy atom. The minimum atomic E-state index is -1.04. The van der Waals surface area contributed by atoms with E-state index in [2.05, 4.69) is 21.7 Å². The van der Waals surface area contributed by atoms with Crippen LogP contribution in [-0.4, -0.2) is 23.3 Å². The maximum Gasteiger partial charge on any atom is 0.325 e. The summed E-state index contributed by atoms with van der Waals surface area (Å²) in [7, 11) is 0. The molecule has 0 amide bonds. The first-order valence-corrected chi connectivity index (χ1v) is 4.68. The van der Waals surface area contributed by atoms with E-state index in [0.717, 1.165) is 0 Å². The van der Waals surface area contributed by atoms with Crippen LogP contribution in [0.5, 0.6) is 0 Å². The molecule has 2 atom stereocenters. The molecule has 6 nitrogen and oxygen atoms in total. The van der Waals surface area contributed by atoms with E-state index in [0.29, 0.717) is 0 Å². The number of aliphatic carboxylic acids is 1. The fourth-order valence-corrected chi connectivity index (χ4v) is 1.43. The predicted molar refractivity (Wildman–Crippen MR) is 54.6 cm³/mol. The third-order valence-corrected chi connectivity index (χ3v) is 2.24. The van der Waals surface area contributed by atoms with Gasteiger partial charge >= 0.3 is 5.97 Å². The molecule has 5 N–H and O–H groups in total. The van der Waals surface area contributed by atoms with E-state index in [1.165, 1.54) is 12.1 Å². The molecule has 2 unspecified atom stereocenters. The topological polar surface area (TPSA) is 85.4 Å². The maximum absolute atomic E-state index is 13.3. The second-order valence-corrected chi connectivity index (χ2v) is 3.33. The number of hydrogen-bond acceptors (Lipinski definition) is 5. The predicted octanol–water partition coefficient (Wildman–Crippen LogP) is -0.371. The monoisotopic (exact) mass is 226 g/mol. The van der Waals surface area contributed by atoms with Crippen LogP contribution in [0, 0.1) is 5.82 Å². The summed E-state index contributed by atoms with van der Waals surface area (Å²) in [5.41, 5.74) is 7.87. The number of halogens is 1. The number of para-hydroxylation sites is 1. The van der Waals surface area contributed by atoms with Gasteiger partial charge in [-0.15, -0.1) is 0 Å². The molecule has 16 heavy (non-hydrogen) atoms. The van der Waals surface area contributed by atoms with Crippen molar-refractivity contribution >= 4 is 11.7 Å². The summed E-state index contributed by atoms with van der Waals surface area (Å²) in [5.74, 6) is -1.47. The van der Waals surface area contributed by atoms with Crippen LogP contribution >= 0.6 is 0 Å². The summed E-state index contributed by atoms with van der Waals surface area (Å²) in [6.07, 6.45) is -0.630. The summed E-state index contributed by atoms with van der Waals surface area (Å²) >= 11 is 0. The van der Waals surface area contributed by atoms with Crippen molar-refractivity contribution < 1.29 is 14.3 Å². The van der Waals surface area contributed by atoms with Crippen LogP contribution in [0.1, 0.15) is 0 Å². The second kappa shape index (κ2) is 4.44. The van der Waals surface area contributed by atoms with Crippen molar-refractivity contribution in [2.45, 2.75) is 12.2 Å². The van der Waals surface area contributed by atoms with Crippen molar-refractivity contribution in [3.8, 4) is 0 Å². The smallest absolute Gasteiger partial charge is 0.325 e. The molecule has 1 saturated heterocycles. The molecule has 0 bridgehead atoms. The minimum absolute atomic E-state index is 0.247. The number of carboxylic acid groups (broad SMARTS) is 1. The van der Waals surface area contributed by atoms with Gasteiger partial charge < -0.3 is 10.4 Å². The number of hydrogen-bond donors (Lipinski definition) is 5. The quantitative estimate of drug-likeness (QED) is 0.483. The average Bonchev–Trinajstić information content (AvgIpc) is 2.69. The molecular weight excluding hydrogens is 215 g/mol. The Hall–Kier alpha value is -1.70. The highest BCUT2D eigenvalue weighted by atomic mass is 19.1. The number of benzene rings is 1. The van der Waals surface area contributed by atoms with Gasteiger partial charge in [0.25, 0.3) is 0 Å². The van der Waals surface area contributed by atoms with Crippen LogP contribution in [0.25, 0.3) is 0 Å². The highest BCUT2D eigenvalue weighted by molar-refractivity contribution is 5.75. The standard InChI is InChI=1S/C9H11FN4O2/c10-5-3-1-2-4-6(5)11-8-7(9(15)16)12-14-13-8/h1-4,7-8,11-14H,(H,15,16). The van der Waals surface area contributed by atoms with Gasteiger partial charge in [0.2, 0.25) is 0 Å². The number of anilines is 1. The van der Waals surface area contributed by atoms with E-state index >= 15 is 0 Å². The Morgan fingerprint density at radius 2 is 2.12 bits per heavy atom. The molecule has 86 valence electrons. The van der Waals surface area contributed by atoms with Crippen LogP contribution in [0.4, 0.5) is 10.1 Å². The van der Waals surface area contributed by atoms with Gasteiger partial charge in [-0.1, -0.05) is 12.1 Å². The van der Waals surface area contributed by atoms with Gasteiger partial charge in [-0.2, -0.15) is 5.53 Å². The summed E-state index contributed by atoms with van der Waals surface area (Å²) in [5, 5.41) is 11.6. The Morgan fingerprint density at radius 1 is 1.38 bits per heavy atom. The number of nitrogens with one attached hydrogen (secondary N) is 4. The third-order valence-electron chi connectivity index (χ3n) is 2.24. The van der Waals surface area contributed by atoms with Crippen molar-refractivity contribution in [1.82, 2.24) is 16.4 Å². The van der Waals surface area contributed by atoms with Crippen LogP contribution in [0.3, 0.4) is 0 Å². The normalized spacial score (nSPS) is 24.3. The van der Waals surface area contributed by atoms with E-state index < -0.39 is 24.0 Å². The number of hydrazine groups is 2. The van der Waals surface area contributed by atoms with Crippen molar-refractivity contribution in [1.29, 1.82) is 0 Å². The summed E-state index contributed by atoms with van der Waals surface area (Å²) < 4.78 is 13.3. The summed E-state index contributed by atoms with van der Waals surface area (Å²) in [6, 6.07) is 5.19. The van der Waals surface area contributed by atoms with E-state index in [-0.39, 0.29) is 5.69 Å². The zero-order valence-corrected chi connectivity index (χ0v) is 8.20. The average molecular weight is 226 g/mol. The molecule has 1 aliphatic rings. The maximum atomic E-state index is 13.3. The fourth-order valence-electron chi connectivity index (χ4n) is 1.43. The first-order valence-electron chi connectivity index (χ1n) is 4.68. The van der Waals surface area contributed by atoms with Gasteiger partial charge in [0, 0.05) is 0 Å². The van der Waals surface area contributed by atoms with E-state index in [1.54, 1.807) is 12.1 Å². The molecular formula is C9H11FN4O2. The van der Waals surface area contributed by atoms with Crippen LogP contribution in [0.15, 0.2) is 24.3 Å². The zero-order chi connectivity index (χ0) is 11.5. The lowest BCUT2D eigenvalue weighted by Gasteiger charge is -2.17. The highest BCUT2D eigenvalue weighted by Gasteiger charge is 2.32. The van der Waals surface area contributed by atoms with Crippen molar-refractivity contribution in [2.75, 3.05) is 5.32 Å². The van der Waals surface area contributed by atoms with E-state index in [9.17, 15) is 9.18 Å². The molecule has 7 heteroatoms. The van der Waals surface area contributed by atoms with Gasteiger partial charge in [-0.05, 0) is 12.1 Å². The molecule has 0 radical (unpaired) electrons. The highest BCUT2D eigenvalue weighted by Crippen LogP contribution is 2.14. The molecule has 0 spiro atoms. The van der Waals surface area contributed by atoms with Gasteiger partial charge in [-0.25, -0.2) is 15.2 Å². The van der Waals surface area contributed by atoms with Crippen molar-refractivity contribution in [2.24, 2.45) is 0 Å². The second-order valence-electron chi connectivity index (χ2n) is 3.33. The van der Waals surface area contributed by atoms with Gasteiger partial charge in [0.1, 0.15) is 12.0 Å². The Labute approximate surface area is 90.8 Å². The number of carbonyl (C=O) groups is 1. The molecule has 0 aromatic heterocycles. The van der Waals surface area contributed by atoms with E-state index in [4.69, 9.17) is 5.11 Å². The van der Waals surface area contributed by atoms with Crippen molar-refractivity contribution in [3.05, 3.63) is 30.1 Å². The molecule has 0 saturated carbocycles. The summed E-state index contributed by atoms with van der Waals surface area (Å²) in [6.45, 7) is 0.